The molecule has 0 radical (unpaired) electrons. The highest BCUT2D eigenvalue weighted by Crippen LogP contribution is 2.48. The van der Waals surface area contributed by atoms with Crippen molar-refractivity contribution in [2.45, 2.75) is 0 Å². The second kappa shape index (κ2) is 8.44. The Labute approximate surface area is 114 Å². The van der Waals surface area contributed by atoms with E-state index in [-0.39, 0.29) is 0 Å². The molecular formula is C8H12ClNO4S3. The number of allylic oxidation sites excluding steroid dienone is 2. The second-order valence-electron chi connectivity index (χ2n) is 2.89. The molecule has 0 saturated carbocycles. The minimum absolute atomic E-state index is 1.33. The largest absolute Gasteiger partial charge is 0.241 e. The summed E-state index contributed by atoms with van der Waals surface area (Å²) in [6, 6.07) is 0. The van der Waals surface area contributed by atoms with Crippen LogP contribution >= 0.6 is 33.3 Å². The summed E-state index contributed by atoms with van der Waals surface area (Å²) in [7, 11) is 2.78. The van der Waals surface area contributed by atoms with E-state index in [9.17, 15) is 0 Å². The number of hydrogen-bond donors (Lipinski definition) is 0. The van der Waals surface area contributed by atoms with Crippen LogP contribution in [0.4, 0.5) is 0 Å². The Morgan fingerprint density at radius 3 is 2.12 bits per heavy atom. The molecule has 1 rings (SSSR count). The van der Waals surface area contributed by atoms with E-state index in [1.54, 1.807) is 11.8 Å². The molecule has 0 unspecified atom stereocenters. The molecule has 98 valence electrons. The Balaban J connectivity index is 0.000000437. The minimum Gasteiger partial charge on any atom is -0.241 e. The van der Waals surface area contributed by atoms with Crippen LogP contribution in [0, 0.1) is 10.2 Å². The monoisotopic (exact) mass is 317 g/mol. The highest BCUT2D eigenvalue weighted by atomic mass is 35.7. The molecule has 0 spiro atoms. The normalized spacial score (nSPS) is 17.4. The zero-order valence-corrected chi connectivity index (χ0v) is 12.6. The predicted molar refractivity (Wildman–Crippen MR) is 63.0 cm³/mol. The van der Waals surface area contributed by atoms with Gasteiger partial charge in [0.2, 0.25) is 0 Å². The zero-order chi connectivity index (χ0) is 13.5. The van der Waals surface area contributed by atoms with E-state index in [2.05, 4.69) is 24.6 Å². The maximum Gasteiger partial charge on any atom is 0.164 e. The van der Waals surface area contributed by atoms with Crippen LogP contribution in [-0.2, 0) is 0 Å². The highest BCUT2D eigenvalue weighted by Gasteiger charge is 2.09. The molecule has 9 heteroatoms. The molecule has 1 heterocycles. The average molecular weight is 318 g/mol. The van der Waals surface area contributed by atoms with Crippen molar-refractivity contribution in [3.63, 3.8) is 0 Å². The number of rotatable bonds is 2. The maximum absolute atomic E-state index is 8.49. The predicted octanol–water partition coefficient (Wildman–Crippen LogP) is -1.94. The fraction of sp³-hybridized carbons (Fsp3) is 0.375. The molecule has 0 aromatic rings. The second-order valence-corrected chi connectivity index (χ2v) is 7.00. The van der Waals surface area contributed by atoms with Gasteiger partial charge in [0.1, 0.15) is 14.1 Å². The van der Waals surface area contributed by atoms with Gasteiger partial charge < -0.3 is 0 Å². The summed E-state index contributed by atoms with van der Waals surface area (Å²) in [5.74, 6) is 0. The van der Waals surface area contributed by atoms with Gasteiger partial charge in [-0.25, -0.2) is 23.2 Å². The summed E-state index contributed by atoms with van der Waals surface area (Å²) in [5, 5.41) is 0. The molecule has 0 bridgehead atoms. The van der Waals surface area contributed by atoms with E-state index in [1.807, 2.05) is 40.3 Å². The highest BCUT2D eigenvalue weighted by molar-refractivity contribution is 8.82. The summed E-state index contributed by atoms with van der Waals surface area (Å²) < 4.78 is 37.4. The first-order valence-electron chi connectivity index (χ1n) is 4.16. The van der Waals surface area contributed by atoms with Gasteiger partial charge in [-0.15, -0.1) is 22.0 Å². The molecule has 0 aliphatic carbocycles. The fourth-order valence-electron chi connectivity index (χ4n) is 0.645. The molecule has 0 amide bonds. The van der Waals surface area contributed by atoms with Crippen molar-refractivity contribution in [3.8, 4) is 0 Å². The maximum atomic E-state index is 8.49. The number of halogens is 1. The Hall–Kier alpha value is 0.330. The van der Waals surface area contributed by atoms with Gasteiger partial charge in [0.05, 0.1) is 4.24 Å². The van der Waals surface area contributed by atoms with Crippen LogP contribution in [0.15, 0.2) is 21.3 Å². The van der Waals surface area contributed by atoms with Crippen molar-refractivity contribution >= 4 is 39.6 Å². The van der Waals surface area contributed by atoms with E-state index < -0.39 is 10.2 Å². The number of hydrogen-bond acceptors (Lipinski definition) is 7. The SMILES string of the molecule is CSC1=C/C(=C/C=[N+](C)C)SS1.[O-][Cl+3]([O-])([O-])[O-]. The lowest BCUT2D eigenvalue weighted by molar-refractivity contribution is -2.00. The molecule has 1 aliphatic heterocycles. The van der Waals surface area contributed by atoms with Crippen LogP contribution in [0.25, 0.3) is 0 Å². The van der Waals surface area contributed by atoms with Crippen molar-refractivity contribution in [2.75, 3.05) is 20.4 Å². The van der Waals surface area contributed by atoms with Gasteiger partial charge in [0.15, 0.2) is 6.21 Å². The van der Waals surface area contributed by atoms with Gasteiger partial charge in [-0.05, 0) is 23.1 Å². The Morgan fingerprint density at radius 1 is 1.24 bits per heavy atom. The molecule has 17 heavy (non-hydrogen) atoms. The lowest BCUT2D eigenvalue weighted by Gasteiger charge is -2.17. The minimum atomic E-state index is -4.94. The lowest BCUT2D eigenvalue weighted by atomic mass is 10.5. The first-order valence-corrected chi connectivity index (χ1v) is 8.77. The number of nitrogens with zero attached hydrogens (tertiary/aromatic N) is 1. The van der Waals surface area contributed by atoms with Gasteiger partial charge in [-0.2, -0.15) is 0 Å². The van der Waals surface area contributed by atoms with Gasteiger partial charge in [-0.1, -0.05) is 10.8 Å². The van der Waals surface area contributed by atoms with Gasteiger partial charge in [0.25, 0.3) is 0 Å². The molecule has 0 saturated heterocycles. The Bertz CT molecular complexity index is 328. The summed E-state index contributed by atoms with van der Waals surface area (Å²) in [6.45, 7) is 0. The summed E-state index contributed by atoms with van der Waals surface area (Å²) >= 11 is 1.81. The third-order valence-electron chi connectivity index (χ3n) is 1.22. The van der Waals surface area contributed by atoms with Crippen molar-refractivity contribution in [2.24, 2.45) is 0 Å². The van der Waals surface area contributed by atoms with E-state index in [1.165, 1.54) is 9.14 Å². The lowest BCUT2D eigenvalue weighted by Crippen LogP contribution is -2.68. The molecule has 0 aromatic heterocycles. The number of thioether (sulfide) groups is 1. The van der Waals surface area contributed by atoms with Crippen molar-refractivity contribution in [1.82, 2.24) is 0 Å². The first kappa shape index (κ1) is 17.3. The van der Waals surface area contributed by atoms with Crippen LogP contribution < -0.4 is 18.6 Å². The average Bonchev–Trinajstić information content (AvgIpc) is 2.59. The molecule has 0 aromatic carbocycles. The van der Waals surface area contributed by atoms with Crippen molar-refractivity contribution in [3.05, 3.63) is 21.3 Å². The van der Waals surface area contributed by atoms with Crippen LogP contribution in [0.5, 0.6) is 0 Å². The topological polar surface area (TPSA) is 95.2 Å². The fourth-order valence-corrected chi connectivity index (χ4v) is 3.86. The molecular weight excluding hydrogens is 306 g/mol. The molecule has 0 atom stereocenters. The van der Waals surface area contributed by atoms with E-state index in [0.717, 1.165) is 0 Å². The summed E-state index contributed by atoms with van der Waals surface area (Å²) in [4.78, 5) is 1.33. The van der Waals surface area contributed by atoms with E-state index in [4.69, 9.17) is 18.6 Å². The third-order valence-corrected chi connectivity index (χ3v) is 4.98. The van der Waals surface area contributed by atoms with E-state index in [0.29, 0.717) is 0 Å². The Kier molecular flexibility index (Phi) is 8.60. The van der Waals surface area contributed by atoms with Crippen LogP contribution in [0.2, 0.25) is 0 Å². The summed E-state index contributed by atoms with van der Waals surface area (Å²) in [5.41, 5.74) is 0. The standard InChI is InChI=1S/C8H12NS3.ClHO4/c1-9(2)5-4-7-6-8(10-3)12-11-7;2-1(3,4)5/h4-6H,1-3H3;(H,2,3,4,5)/q+1;/p-1/b7-4-;. The molecule has 0 N–H and O–H groups in total. The molecule has 0 fully saturated rings. The van der Waals surface area contributed by atoms with Gasteiger partial charge in [-0.3, -0.25) is 0 Å². The van der Waals surface area contributed by atoms with Crippen LogP contribution in [-0.4, -0.2) is 31.1 Å². The molecule has 1 aliphatic rings. The van der Waals surface area contributed by atoms with Gasteiger partial charge in [0, 0.05) is 11.0 Å². The van der Waals surface area contributed by atoms with Crippen LogP contribution in [0.3, 0.4) is 0 Å². The Morgan fingerprint density at radius 2 is 1.76 bits per heavy atom. The van der Waals surface area contributed by atoms with Crippen molar-refractivity contribution < 1.29 is 33.5 Å². The molecule has 5 nitrogen and oxygen atoms in total. The smallest absolute Gasteiger partial charge is 0.164 e. The summed E-state index contributed by atoms with van der Waals surface area (Å²) in [6.07, 6.45) is 8.54. The third kappa shape index (κ3) is 12.6. The van der Waals surface area contributed by atoms with Gasteiger partial charge >= 0.3 is 0 Å². The zero-order valence-electron chi connectivity index (χ0n) is 9.41. The quantitative estimate of drug-likeness (QED) is 0.332. The van der Waals surface area contributed by atoms with E-state index >= 15 is 0 Å². The van der Waals surface area contributed by atoms with Crippen molar-refractivity contribution in [1.29, 1.82) is 0 Å². The first-order chi connectivity index (χ1) is 7.72. The van der Waals surface area contributed by atoms with Crippen LogP contribution in [0.1, 0.15) is 0 Å².